The van der Waals surface area contributed by atoms with Gasteiger partial charge in [0.05, 0.1) is 6.61 Å². The van der Waals surface area contributed by atoms with Gasteiger partial charge in [-0.15, -0.1) is 0 Å². The lowest BCUT2D eigenvalue weighted by Crippen LogP contribution is -2.65. The number of carbonyl (C=O) groups is 2. The molecule has 1 heterocycles. The highest BCUT2D eigenvalue weighted by Gasteiger charge is 2.59. The Balaban J connectivity index is 1.48. The average molecular weight is 479 g/mol. The molecule has 0 bridgehead atoms. The van der Waals surface area contributed by atoms with Gasteiger partial charge in [0.2, 0.25) is 6.04 Å². The second-order valence-corrected chi connectivity index (χ2v) is 9.75. The van der Waals surface area contributed by atoms with Crippen LogP contribution in [0.25, 0.3) is 11.1 Å². The number of carboxylic acids is 1. The number of nitrogens with zero attached hydrogens (tertiary/aromatic N) is 1. The number of fused-ring (bicyclic) bond motifs is 3. The summed E-state index contributed by atoms with van der Waals surface area (Å²) in [5.74, 6) is -1.41. The molecule has 8 heteroatoms. The minimum atomic E-state index is -2.23. The van der Waals surface area contributed by atoms with Crippen LogP contribution in [0.5, 0.6) is 0 Å². The van der Waals surface area contributed by atoms with Crippen LogP contribution in [0.15, 0.2) is 78.9 Å². The van der Waals surface area contributed by atoms with E-state index < -0.39 is 33.3 Å². The molecule has 3 aromatic rings. The van der Waals surface area contributed by atoms with Crippen molar-refractivity contribution in [2.75, 3.05) is 13.2 Å². The lowest BCUT2D eigenvalue weighted by atomic mass is 9.98. The summed E-state index contributed by atoms with van der Waals surface area (Å²) in [5.41, 5.74) is 4.91. The van der Waals surface area contributed by atoms with Crippen molar-refractivity contribution in [1.82, 2.24) is 0 Å². The highest BCUT2D eigenvalue weighted by molar-refractivity contribution is 7.74. The zero-order chi connectivity index (χ0) is 23.7. The van der Waals surface area contributed by atoms with Crippen molar-refractivity contribution in [3.63, 3.8) is 0 Å². The third-order valence-electron chi connectivity index (χ3n) is 6.54. The molecule has 34 heavy (non-hydrogen) atoms. The third kappa shape index (κ3) is 3.73. The summed E-state index contributed by atoms with van der Waals surface area (Å²) >= 11 is -2.23. The molecule has 174 valence electrons. The molecule has 2 aliphatic rings. The van der Waals surface area contributed by atoms with Gasteiger partial charge >= 0.3 is 23.3 Å². The highest BCUT2D eigenvalue weighted by atomic mass is 32.2. The van der Waals surface area contributed by atoms with Gasteiger partial charge in [0.1, 0.15) is 13.2 Å². The number of aliphatic carboxylic acids is 1. The molecule has 7 nitrogen and oxygen atoms in total. The molecular weight excluding hydrogens is 454 g/mol. The molecule has 0 aromatic heterocycles. The molecule has 1 aliphatic heterocycles. The number of hydrogen-bond donors (Lipinski definition) is 1. The largest absolute Gasteiger partial charge is 0.532 e. The number of quaternary nitrogens is 1. The molecule has 0 spiro atoms. The zero-order valence-electron chi connectivity index (χ0n) is 18.3. The first-order valence-corrected chi connectivity index (χ1v) is 12.1. The summed E-state index contributed by atoms with van der Waals surface area (Å²) in [6.45, 7) is -0.110. The van der Waals surface area contributed by atoms with E-state index in [2.05, 4.69) is 0 Å². The second-order valence-electron chi connectivity index (χ2n) is 8.43. The molecule has 1 saturated heterocycles. The number of ether oxygens (including phenoxy) is 1. The Morgan fingerprint density at radius 1 is 0.941 bits per heavy atom. The van der Waals surface area contributed by atoms with Crippen molar-refractivity contribution in [3.05, 3.63) is 95.6 Å². The predicted octanol–water partition coefficient (Wildman–Crippen LogP) is 4.40. The van der Waals surface area contributed by atoms with E-state index in [4.69, 9.17) is 8.92 Å². The van der Waals surface area contributed by atoms with Gasteiger partial charge < -0.3 is 9.84 Å². The Kier molecular flexibility index (Phi) is 6.03. The first-order valence-electron chi connectivity index (χ1n) is 11.1. The molecule has 0 saturated carbocycles. The van der Waals surface area contributed by atoms with Crippen LogP contribution in [-0.2, 0) is 31.5 Å². The lowest BCUT2D eigenvalue weighted by molar-refractivity contribution is -0.770. The van der Waals surface area contributed by atoms with Gasteiger partial charge in [-0.1, -0.05) is 82.8 Å². The van der Waals surface area contributed by atoms with Gasteiger partial charge in [0.25, 0.3) is 0 Å². The van der Waals surface area contributed by atoms with Crippen LogP contribution in [0.4, 0.5) is 4.79 Å². The first-order chi connectivity index (χ1) is 16.5. The maximum atomic E-state index is 13.6. The number of carbonyl (C=O) groups excluding carboxylic acids is 1. The number of rotatable bonds is 5. The summed E-state index contributed by atoms with van der Waals surface area (Å²) in [5, 5.41) is 9.95. The van der Waals surface area contributed by atoms with Gasteiger partial charge in [-0.05, 0) is 22.3 Å². The summed E-state index contributed by atoms with van der Waals surface area (Å²) in [7, 11) is 0. The number of hydrogen-bond acceptors (Lipinski definition) is 5. The van der Waals surface area contributed by atoms with Crippen LogP contribution in [-0.4, -0.2) is 44.5 Å². The van der Waals surface area contributed by atoms with Crippen molar-refractivity contribution in [2.45, 2.75) is 24.9 Å². The molecule has 3 unspecified atom stereocenters. The first kappa shape index (κ1) is 22.5. The van der Waals surface area contributed by atoms with Gasteiger partial charge in [-0.3, -0.25) is 0 Å². The van der Waals surface area contributed by atoms with E-state index in [9.17, 15) is 18.9 Å². The van der Waals surface area contributed by atoms with Crippen LogP contribution in [0.3, 0.4) is 0 Å². The molecule has 1 N–H and O–H groups in total. The molecule has 1 amide bonds. The fraction of sp³-hybridized carbons (Fsp3) is 0.231. The van der Waals surface area contributed by atoms with Crippen molar-refractivity contribution in [3.8, 4) is 11.1 Å². The molecule has 0 radical (unpaired) electrons. The monoisotopic (exact) mass is 478 g/mol. The Labute approximate surface area is 199 Å². The molecule has 1 fully saturated rings. The Hall–Kier alpha value is -3.33. The van der Waals surface area contributed by atoms with Gasteiger partial charge in [-0.25, -0.2) is 8.98 Å². The van der Waals surface area contributed by atoms with E-state index in [1.54, 1.807) is 24.3 Å². The summed E-state index contributed by atoms with van der Waals surface area (Å²) in [6.07, 6.45) is -0.811. The lowest BCUT2D eigenvalue weighted by Gasteiger charge is -2.38. The minimum absolute atomic E-state index is 0.00494. The summed E-state index contributed by atoms with van der Waals surface area (Å²) < 4.78 is 23.4. The standard InChI is InChI=1S/C26H23NO6S/c28-25(29)24-14-15-33-34(31)27(24,16-18-8-2-1-3-9-18)26(30)32-17-23-21-12-6-4-10-19(21)20-11-5-7-13-22(20)23/h1-13,23-24H,14-17H2/p+1. The van der Waals surface area contributed by atoms with Crippen LogP contribution < -0.4 is 0 Å². The maximum Gasteiger partial charge on any atom is 0.532 e. The van der Waals surface area contributed by atoms with Gasteiger partial charge in [0.15, 0.2) is 0 Å². The van der Waals surface area contributed by atoms with Crippen molar-refractivity contribution in [1.29, 1.82) is 0 Å². The van der Waals surface area contributed by atoms with Crippen molar-refractivity contribution in [2.24, 2.45) is 0 Å². The van der Waals surface area contributed by atoms with E-state index in [0.29, 0.717) is 5.56 Å². The second kappa shape index (κ2) is 9.13. The van der Waals surface area contributed by atoms with Crippen LogP contribution in [0.1, 0.15) is 29.0 Å². The SMILES string of the molecule is O=C(O)C1CCOS(=O)[N+]1(Cc1ccccc1)C(=O)OCC1c2ccccc2-c2ccccc21. The van der Waals surface area contributed by atoms with E-state index in [0.717, 1.165) is 22.3 Å². The number of carboxylic acid groups (broad SMARTS) is 1. The Morgan fingerprint density at radius 2 is 1.53 bits per heavy atom. The smallest absolute Gasteiger partial charge is 0.477 e. The van der Waals surface area contributed by atoms with Crippen molar-refractivity contribution >= 4 is 23.3 Å². The van der Waals surface area contributed by atoms with Crippen molar-refractivity contribution < 1.29 is 31.7 Å². The number of amides is 1. The minimum Gasteiger partial charge on any atom is -0.477 e. The molecule has 3 aromatic carbocycles. The summed E-state index contributed by atoms with van der Waals surface area (Å²) in [4.78, 5) is 25.8. The normalized spacial score (nSPS) is 23.6. The van der Waals surface area contributed by atoms with E-state index in [1.165, 1.54) is 0 Å². The average Bonchev–Trinajstić information content (AvgIpc) is 3.18. The van der Waals surface area contributed by atoms with E-state index >= 15 is 0 Å². The predicted molar refractivity (Wildman–Crippen MR) is 126 cm³/mol. The van der Waals surface area contributed by atoms with Gasteiger partial charge in [-0.2, -0.15) is 9.00 Å². The van der Waals surface area contributed by atoms with E-state index in [1.807, 2.05) is 54.6 Å². The fourth-order valence-electron chi connectivity index (χ4n) is 4.91. The molecular formula is C26H24NO6S+. The zero-order valence-corrected chi connectivity index (χ0v) is 19.1. The number of benzene rings is 3. The Bertz CT molecular complexity index is 1220. The van der Waals surface area contributed by atoms with Crippen LogP contribution >= 0.6 is 0 Å². The quantitative estimate of drug-likeness (QED) is 0.547. The molecule has 3 atom stereocenters. The Morgan fingerprint density at radius 3 is 2.15 bits per heavy atom. The summed E-state index contributed by atoms with van der Waals surface area (Å²) in [6, 6.07) is 23.6. The maximum absolute atomic E-state index is 13.6. The van der Waals surface area contributed by atoms with Gasteiger partial charge in [0, 0.05) is 17.9 Å². The molecule has 1 aliphatic carbocycles. The van der Waals surface area contributed by atoms with Crippen LogP contribution in [0.2, 0.25) is 0 Å². The topological polar surface area (TPSA) is 89.9 Å². The van der Waals surface area contributed by atoms with Crippen LogP contribution in [0, 0.1) is 0 Å². The fourth-order valence-corrected chi connectivity index (χ4v) is 6.17. The third-order valence-corrected chi connectivity index (χ3v) is 7.97. The van der Waals surface area contributed by atoms with E-state index in [-0.39, 0.29) is 32.1 Å². The highest BCUT2D eigenvalue weighted by Crippen LogP contribution is 2.45. The molecule has 5 rings (SSSR count).